The van der Waals surface area contributed by atoms with Gasteiger partial charge in [-0.2, -0.15) is 8.62 Å². The molecule has 1 aliphatic heterocycles. The predicted octanol–water partition coefficient (Wildman–Crippen LogP) is -1.30. The molecule has 17 nitrogen and oxygen atoms in total. The maximum Gasteiger partial charge on any atom is 0.490 e. The highest BCUT2D eigenvalue weighted by Crippen LogP contribution is 2.66. The van der Waals surface area contributed by atoms with Gasteiger partial charge in [-0.25, -0.2) is 18.5 Å². The smallest absolute Gasteiger partial charge is 0.387 e. The number of phosphoric acid groups is 3. The SMILES string of the molecule is CC(C)c1c([C@@H]2O[C@H](COP(=O)(O)OP(=O)(O)OP(=O)(O)O)[C@@H](O)[C@H]2O)c(=O)[nH]c(=O)n1C. The van der Waals surface area contributed by atoms with Crippen LogP contribution in [0.1, 0.15) is 37.1 Å². The molecule has 2 unspecified atom stereocenters. The molecule has 33 heavy (non-hydrogen) atoms. The zero-order chi connectivity index (χ0) is 25.5. The van der Waals surface area contributed by atoms with Crippen LogP contribution >= 0.6 is 23.5 Å². The van der Waals surface area contributed by atoms with Crippen LogP contribution in [0.4, 0.5) is 0 Å². The van der Waals surface area contributed by atoms with E-state index in [1.54, 1.807) is 13.8 Å². The Morgan fingerprint density at radius 1 is 1.03 bits per heavy atom. The molecule has 1 aromatic rings. The highest BCUT2D eigenvalue weighted by Gasteiger charge is 2.48. The van der Waals surface area contributed by atoms with Crippen LogP contribution in [0, 0.1) is 0 Å². The number of ether oxygens (including phenoxy) is 1. The molecule has 0 radical (unpaired) electrons. The normalized spacial score (nSPS) is 27.5. The van der Waals surface area contributed by atoms with E-state index in [0.717, 1.165) is 4.57 Å². The average Bonchev–Trinajstić information content (AvgIpc) is 2.87. The molecule has 190 valence electrons. The molecule has 0 aromatic carbocycles. The summed E-state index contributed by atoms with van der Waals surface area (Å²) in [5.74, 6) is -0.401. The number of rotatable bonds is 9. The van der Waals surface area contributed by atoms with Crippen LogP contribution in [0.5, 0.6) is 0 Å². The van der Waals surface area contributed by atoms with Gasteiger partial charge in [0.05, 0.1) is 12.2 Å². The Balaban J connectivity index is 2.23. The lowest BCUT2D eigenvalue weighted by Crippen LogP contribution is -2.38. The van der Waals surface area contributed by atoms with Crippen LogP contribution < -0.4 is 11.2 Å². The van der Waals surface area contributed by atoms with Crippen molar-refractivity contribution in [2.24, 2.45) is 7.05 Å². The summed E-state index contributed by atoms with van der Waals surface area (Å²) >= 11 is 0. The van der Waals surface area contributed by atoms with Crippen molar-refractivity contribution in [2.45, 2.75) is 44.2 Å². The molecular weight excluding hydrogens is 517 g/mol. The van der Waals surface area contributed by atoms with E-state index in [4.69, 9.17) is 19.4 Å². The van der Waals surface area contributed by atoms with Crippen molar-refractivity contribution >= 4 is 23.5 Å². The number of H-pyrrole nitrogens is 1. The lowest BCUT2D eigenvalue weighted by atomic mass is 9.96. The third kappa shape index (κ3) is 6.99. The zero-order valence-electron chi connectivity index (χ0n) is 17.2. The number of phosphoric ester groups is 1. The van der Waals surface area contributed by atoms with E-state index in [1.165, 1.54) is 7.05 Å². The Labute approximate surface area is 185 Å². The average molecular weight is 540 g/mol. The van der Waals surface area contributed by atoms with Crippen molar-refractivity contribution < 1.29 is 61.4 Å². The molecule has 2 heterocycles. The second-order valence-corrected chi connectivity index (χ2v) is 11.7. The van der Waals surface area contributed by atoms with Crippen LogP contribution in [0.25, 0.3) is 0 Å². The van der Waals surface area contributed by atoms with Crippen molar-refractivity contribution in [2.75, 3.05) is 6.61 Å². The van der Waals surface area contributed by atoms with E-state index in [1.807, 2.05) is 4.98 Å². The first-order valence-corrected chi connectivity index (χ1v) is 13.5. The van der Waals surface area contributed by atoms with Crippen LogP contribution in [-0.4, -0.2) is 64.3 Å². The van der Waals surface area contributed by atoms with E-state index in [9.17, 15) is 38.4 Å². The highest BCUT2D eigenvalue weighted by atomic mass is 31.3. The molecule has 1 aliphatic rings. The van der Waals surface area contributed by atoms with E-state index < -0.39 is 71.7 Å². The predicted molar refractivity (Wildman–Crippen MR) is 106 cm³/mol. The number of aromatic amines is 1. The fourth-order valence-electron chi connectivity index (χ4n) is 3.22. The number of aromatic nitrogens is 2. The van der Waals surface area contributed by atoms with Gasteiger partial charge in [0.1, 0.15) is 24.4 Å². The number of hydrogen-bond acceptors (Lipinski definition) is 11. The van der Waals surface area contributed by atoms with Gasteiger partial charge in [0, 0.05) is 12.7 Å². The third-order valence-corrected chi connectivity index (χ3v) is 8.22. The third-order valence-electron chi connectivity index (χ3n) is 4.42. The summed E-state index contributed by atoms with van der Waals surface area (Å²) in [5, 5.41) is 20.6. The van der Waals surface area contributed by atoms with Gasteiger partial charge in [-0.1, -0.05) is 13.8 Å². The molecule has 0 spiro atoms. The quantitative estimate of drug-likeness (QED) is 0.180. The maximum atomic E-state index is 12.4. The van der Waals surface area contributed by atoms with Crippen LogP contribution in [0.15, 0.2) is 9.59 Å². The van der Waals surface area contributed by atoms with Gasteiger partial charge in [0.2, 0.25) is 0 Å². The Morgan fingerprint density at radius 3 is 2.12 bits per heavy atom. The number of nitrogens with one attached hydrogen (secondary N) is 1. The lowest BCUT2D eigenvalue weighted by Gasteiger charge is -2.21. The second kappa shape index (κ2) is 9.91. The summed E-state index contributed by atoms with van der Waals surface area (Å²) in [6, 6.07) is 0. The number of hydrogen-bond donors (Lipinski definition) is 7. The monoisotopic (exact) mass is 540 g/mol. The molecule has 1 saturated heterocycles. The Kier molecular flexibility index (Phi) is 8.47. The van der Waals surface area contributed by atoms with Crippen molar-refractivity contribution in [3.63, 3.8) is 0 Å². The van der Waals surface area contributed by atoms with Crippen molar-refractivity contribution in [1.82, 2.24) is 9.55 Å². The summed E-state index contributed by atoms with van der Waals surface area (Å²) < 4.78 is 51.9. The largest absolute Gasteiger partial charge is 0.490 e. The molecule has 1 aromatic heterocycles. The topological polar surface area (TPSA) is 264 Å². The Bertz CT molecular complexity index is 1140. The van der Waals surface area contributed by atoms with Crippen molar-refractivity contribution in [3.05, 3.63) is 32.1 Å². The second-order valence-electron chi connectivity index (χ2n) is 7.23. The summed E-state index contributed by atoms with van der Waals surface area (Å²) in [5.41, 5.74) is -1.62. The molecule has 2 rings (SSSR count). The van der Waals surface area contributed by atoms with E-state index in [2.05, 4.69) is 13.1 Å². The fourth-order valence-corrected chi connectivity index (χ4v) is 6.25. The minimum Gasteiger partial charge on any atom is -0.387 e. The molecule has 6 atom stereocenters. The molecule has 0 aliphatic carbocycles. The van der Waals surface area contributed by atoms with Gasteiger partial charge in [0.25, 0.3) is 5.56 Å². The first-order chi connectivity index (χ1) is 14.9. The van der Waals surface area contributed by atoms with Gasteiger partial charge in [-0.3, -0.25) is 14.3 Å². The summed E-state index contributed by atoms with van der Waals surface area (Å²) in [6.45, 7) is 2.27. The van der Waals surface area contributed by atoms with Gasteiger partial charge < -0.3 is 39.1 Å². The number of aliphatic hydroxyl groups is 2. The lowest BCUT2D eigenvalue weighted by molar-refractivity contribution is -0.0231. The molecule has 0 bridgehead atoms. The van der Waals surface area contributed by atoms with Gasteiger partial charge >= 0.3 is 29.2 Å². The number of nitrogens with zero attached hydrogens (tertiary/aromatic N) is 1. The maximum absolute atomic E-state index is 12.4. The molecule has 0 saturated carbocycles. The summed E-state index contributed by atoms with van der Waals surface area (Å²) in [6.07, 6.45) is -6.62. The summed E-state index contributed by atoms with van der Waals surface area (Å²) in [7, 11) is -15.5. The fraction of sp³-hybridized carbons (Fsp3) is 0.692. The van der Waals surface area contributed by atoms with Crippen molar-refractivity contribution in [1.29, 1.82) is 0 Å². The minimum absolute atomic E-state index is 0.181. The van der Waals surface area contributed by atoms with Crippen molar-refractivity contribution in [3.8, 4) is 0 Å². The van der Waals surface area contributed by atoms with Crippen LogP contribution in [-0.2, 0) is 38.6 Å². The molecule has 1 fully saturated rings. The Hall–Kier alpha value is -1.03. The zero-order valence-corrected chi connectivity index (χ0v) is 19.9. The molecule has 0 amide bonds. The van der Waals surface area contributed by atoms with Gasteiger partial charge in [0.15, 0.2) is 0 Å². The molecule has 20 heteroatoms. The van der Waals surface area contributed by atoms with E-state index >= 15 is 0 Å². The van der Waals surface area contributed by atoms with Crippen LogP contribution in [0.2, 0.25) is 0 Å². The first-order valence-electron chi connectivity index (χ1n) is 8.98. The Morgan fingerprint density at radius 2 is 1.61 bits per heavy atom. The minimum atomic E-state index is -5.75. The van der Waals surface area contributed by atoms with Gasteiger partial charge in [-0.05, 0) is 5.92 Å². The first kappa shape index (κ1) is 28.2. The number of aliphatic hydroxyl groups excluding tert-OH is 2. The molecular formula is C13H23N2O15P3. The van der Waals surface area contributed by atoms with E-state index in [0.29, 0.717) is 0 Å². The highest BCUT2D eigenvalue weighted by molar-refractivity contribution is 7.66. The van der Waals surface area contributed by atoms with Gasteiger partial charge in [-0.15, -0.1) is 0 Å². The molecule has 7 N–H and O–H groups in total. The van der Waals surface area contributed by atoms with E-state index in [-0.39, 0.29) is 11.3 Å². The standard InChI is InChI=1S/C13H23N2O15P3/c1-5(2)8-7(12(18)14-13(19)15(8)3)11-10(17)9(16)6(28-11)4-27-32(23,24)30-33(25,26)29-31(20,21)22/h5-6,9-11,16-17H,4H2,1-3H3,(H,23,24)(H,25,26)(H,14,18,19)(H2,20,21,22)/t6-,9-,10-,11+/m1/s1. The van der Waals surface area contributed by atoms with Crippen LogP contribution in [0.3, 0.4) is 0 Å². The summed E-state index contributed by atoms with van der Waals surface area (Å²) in [4.78, 5) is 62.1.